The summed E-state index contributed by atoms with van der Waals surface area (Å²) < 4.78 is 46.1. The molecule has 1 aliphatic rings. The molecule has 1 aliphatic carbocycles. The van der Waals surface area contributed by atoms with Crippen LogP contribution in [0.1, 0.15) is 70.1 Å². The van der Waals surface area contributed by atoms with Gasteiger partial charge in [0.15, 0.2) is 5.11 Å². The maximum atomic E-state index is 13.3. The molecule has 1 atom stereocenters. The lowest BCUT2D eigenvalue weighted by molar-refractivity contribution is -0.388. The molecule has 8 nitrogen and oxygen atoms in total. The van der Waals surface area contributed by atoms with Crippen LogP contribution in [-0.4, -0.2) is 52.2 Å². The molecule has 1 saturated carbocycles. The van der Waals surface area contributed by atoms with Crippen LogP contribution in [0.3, 0.4) is 0 Å². The number of aromatic nitrogens is 1. The quantitative estimate of drug-likeness (QED) is 0.146. The van der Waals surface area contributed by atoms with Gasteiger partial charge in [-0.15, -0.1) is 0 Å². The van der Waals surface area contributed by atoms with E-state index in [1.165, 1.54) is 6.07 Å². The van der Waals surface area contributed by atoms with Gasteiger partial charge in [0.2, 0.25) is 5.88 Å². The number of nitrogens with one attached hydrogen (secondary N) is 2. The molecule has 2 aromatic rings. The van der Waals surface area contributed by atoms with Crippen molar-refractivity contribution in [3.8, 4) is 5.88 Å². The molecule has 1 heterocycles. The molecule has 12 heteroatoms. The van der Waals surface area contributed by atoms with Crippen LogP contribution >= 0.6 is 12.2 Å². The van der Waals surface area contributed by atoms with Gasteiger partial charge in [-0.3, -0.25) is 10.1 Å². The largest absolute Gasteiger partial charge is 0.474 e. The number of hydrogen-bond acceptors (Lipinski definition) is 6. The number of benzene rings is 1. The number of pyridine rings is 1. The maximum Gasteiger partial charge on any atom is 0.423 e. The van der Waals surface area contributed by atoms with Gasteiger partial charge in [0.25, 0.3) is 5.69 Å². The average Bonchev–Trinajstić information content (AvgIpc) is 2.94. The lowest BCUT2D eigenvalue weighted by Crippen LogP contribution is -2.39. The molecule has 0 amide bonds. The molecular formula is C29H40F3N5O3S. The normalized spacial score (nSPS) is 17.9. The van der Waals surface area contributed by atoms with Gasteiger partial charge >= 0.3 is 6.18 Å². The minimum atomic E-state index is -4.80. The number of alkyl halides is 3. The summed E-state index contributed by atoms with van der Waals surface area (Å²) in [6.45, 7) is 6.27. The summed E-state index contributed by atoms with van der Waals surface area (Å²) in [4.78, 5) is 16.9. The van der Waals surface area contributed by atoms with Crippen molar-refractivity contribution >= 4 is 28.7 Å². The molecular weight excluding hydrogens is 555 g/mol. The van der Waals surface area contributed by atoms with Gasteiger partial charge in [0.1, 0.15) is 11.7 Å². The first kappa shape index (κ1) is 32.4. The zero-order valence-electron chi connectivity index (χ0n) is 23.9. The Balaban J connectivity index is 1.46. The predicted octanol–water partition coefficient (Wildman–Crippen LogP) is 6.99. The van der Waals surface area contributed by atoms with Crippen LogP contribution in [0.15, 0.2) is 36.4 Å². The van der Waals surface area contributed by atoms with E-state index in [1.807, 2.05) is 25.2 Å². The smallest absolute Gasteiger partial charge is 0.423 e. The Labute approximate surface area is 245 Å². The van der Waals surface area contributed by atoms with Crippen molar-refractivity contribution in [2.75, 3.05) is 25.5 Å². The number of nitrogens with zero attached hydrogens (tertiary/aromatic N) is 3. The molecule has 1 fully saturated rings. The molecule has 41 heavy (non-hydrogen) atoms. The summed E-state index contributed by atoms with van der Waals surface area (Å²) in [5.41, 5.74) is -0.989. The molecule has 3 rings (SSSR count). The first-order chi connectivity index (χ1) is 19.5. The number of ether oxygens (including phenoxy) is 1. The summed E-state index contributed by atoms with van der Waals surface area (Å²) in [5.74, 6) is 1.11. The van der Waals surface area contributed by atoms with Crippen LogP contribution in [0.5, 0.6) is 5.88 Å². The van der Waals surface area contributed by atoms with Crippen LogP contribution in [0.4, 0.5) is 24.5 Å². The Morgan fingerprint density at radius 3 is 2.56 bits per heavy atom. The molecule has 0 radical (unpaired) electrons. The van der Waals surface area contributed by atoms with Crippen molar-refractivity contribution < 1.29 is 22.8 Å². The number of thiocarbonyl (C=S) groups is 1. The molecule has 1 unspecified atom stereocenters. The highest BCUT2D eigenvalue weighted by molar-refractivity contribution is 7.80. The number of nitro benzene ring substituents is 1. The lowest BCUT2D eigenvalue weighted by atomic mass is 9.92. The molecule has 1 aromatic carbocycles. The van der Waals surface area contributed by atoms with Crippen molar-refractivity contribution in [3.63, 3.8) is 0 Å². The minimum absolute atomic E-state index is 0.0297. The average molecular weight is 596 g/mol. The third kappa shape index (κ3) is 10.0. The number of anilines is 1. The monoisotopic (exact) mass is 595 g/mol. The fourth-order valence-corrected chi connectivity index (χ4v) is 5.25. The second-order valence-corrected chi connectivity index (χ2v) is 11.1. The lowest BCUT2D eigenvalue weighted by Gasteiger charge is -2.30. The highest BCUT2D eigenvalue weighted by Crippen LogP contribution is 2.38. The van der Waals surface area contributed by atoms with Gasteiger partial charge < -0.3 is 20.3 Å². The van der Waals surface area contributed by atoms with Crippen LogP contribution in [0.2, 0.25) is 0 Å². The second kappa shape index (κ2) is 15.2. The van der Waals surface area contributed by atoms with Gasteiger partial charge in [-0.25, -0.2) is 4.98 Å². The standard InChI is InChI=1S/C29H40F3N5O3S/c1-4-17-36(28(41)33-3)18-16-20(2)8-9-21-6-5-7-27(35-21)40-24-13-10-22(11-14-24)34-23-12-15-26(37(38)39)25(19-23)29(30,31)32/h5-7,12,15,19-20,22,24,34H,4,8-11,13-14,16-18H2,1-3H3,(H,33,41)/t20?,22-,24-. The topological polar surface area (TPSA) is 92.6 Å². The minimum Gasteiger partial charge on any atom is -0.474 e. The van der Waals surface area contributed by atoms with E-state index in [0.29, 0.717) is 24.6 Å². The van der Waals surface area contributed by atoms with E-state index < -0.39 is 22.4 Å². The predicted molar refractivity (Wildman–Crippen MR) is 158 cm³/mol. The first-order valence-electron chi connectivity index (χ1n) is 14.2. The zero-order valence-corrected chi connectivity index (χ0v) is 24.7. The van der Waals surface area contributed by atoms with Crippen molar-refractivity contribution in [2.24, 2.45) is 5.92 Å². The zero-order chi connectivity index (χ0) is 30.0. The van der Waals surface area contributed by atoms with E-state index in [0.717, 1.165) is 74.6 Å². The van der Waals surface area contributed by atoms with Gasteiger partial charge in [-0.05, 0) is 87.7 Å². The highest BCUT2D eigenvalue weighted by Gasteiger charge is 2.38. The Morgan fingerprint density at radius 1 is 1.20 bits per heavy atom. The molecule has 2 N–H and O–H groups in total. The summed E-state index contributed by atoms with van der Waals surface area (Å²) >= 11 is 5.41. The highest BCUT2D eigenvalue weighted by atomic mass is 32.1. The van der Waals surface area contributed by atoms with Crippen LogP contribution in [0, 0.1) is 16.0 Å². The fraction of sp³-hybridized carbons (Fsp3) is 0.586. The van der Waals surface area contributed by atoms with Crippen molar-refractivity contribution in [1.82, 2.24) is 15.2 Å². The SMILES string of the molecule is CCCN(CCC(C)CCc1cccc(O[C@H]2CC[C@H](Nc3ccc([N+](=O)[O-])c(C(F)(F)F)c3)CC2)n1)C(=S)NC. The van der Waals surface area contributed by atoms with Gasteiger partial charge in [0, 0.05) is 49.7 Å². The van der Waals surface area contributed by atoms with E-state index in [4.69, 9.17) is 21.9 Å². The third-order valence-corrected chi connectivity index (χ3v) is 7.85. The number of rotatable bonds is 13. The summed E-state index contributed by atoms with van der Waals surface area (Å²) in [6.07, 6.45) is 1.98. The molecule has 1 aromatic heterocycles. The first-order valence-corrected chi connectivity index (χ1v) is 14.6. The summed E-state index contributed by atoms with van der Waals surface area (Å²) in [6, 6.07) is 8.82. The van der Waals surface area contributed by atoms with Crippen molar-refractivity contribution in [3.05, 3.63) is 57.8 Å². The van der Waals surface area contributed by atoms with E-state index in [9.17, 15) is 23.3 Å². The second-order valence-electron chi connectivity index (χ2n) is 10.7. The Morgan fingerprint density at radius 2 is 1.93 bits per heavy atom. The van der Waals surface area contributed by atoms with E-state index in [-0.39, 0.29) is 17.8 Å². The molecule has 0 saturated heterocycles. The fourth-order valence-electron chi connectivity index (χ4n) is 5.06. The third-order valence-electron chi connectivity index (χ3n) is 7.39. The van der Waals surface area contributed by atoms with E-state index in [2.05, 4.69) is 29.4 Å². The van der Waals surface area contributed by atoms with E-state index >= 15 is 0 Å². The number of hydrogen-bond donors (Lipinski definition) is 2. The number of halogens is 3. The molecule has 226 valence electrons. The van der Waals surface area contributed by atoms with Gasteiger partial charge in [0.05, 0.1) is 4.92 Å². The molecule has 0 aliphatic heterocycles. The Hall–Kier alpha value is -3.15. The van der Waals surface area contributed by atoms with Crippen LogP contribution < -0.4 is 15.4 Å². The number of aryl methyl sites for hydroxylation is 1. The van der Waals surface area contributed by atoms with Crippen molar-refractivity contribution in [1.29, 1.82) is 0 Å². The van der Waals surface area contributed by atoms with Gasteiger partial charge in [-0.1, -0.05) is 19.9 Å². The van der Waals surface area contributed by atoms with Crippen molar-refractivity contribution in [2.45, 2.75) is 83.5 Å². The van der Waals surface area contributed by atoms with Crippen LogP contribution in [0.25, 0.3) is 0 Å². The van der Waals surface area contributed by atoms with Crippen LogP contribution in [-0.2, 0) is 12.6 Å². The Kier molecular flexibility index (Phi) is 12.0. The number of nitro groups is 1. The molecule has 0 bridgehead atoms. The Bertz CT molecular complexity index is 1160. The summed E-state index contributed by atoms with van der Waals surface area (Å²) in [7, 11) is 1.86. The maximum absolute atomic E-state index is 13.3. The van der Waals surface area contributed by atoms with E-state index in [1.54, 1.807) is 0 Å². The summed E-state index contributed by atoms with van der Waals surface area (Å²) in [5, 5.41) is 18.0. The molecule has 0 spiro atoms. The van der Waals surface area contributed by atoms with Gasteiger partial charge in [-0.2, -0.15) is 13.2 Å².